The molecule has 6 rings (SSSR count). The number of amides is 1. The Morgan fingerprint density at radius 3 is 2.53 bits per heavy atom. The maximum absolute atomic E-state index is 15.3. The van der Waals surface area contributed by atoms with E-state index in [1.54, 1.807) is 9.47 Å². The van der Waals surface area contributed by atoms with Crippen LogP contribution in [0.15, 0.2) is 40.5 Å². The molecule has 3 aliphatic heterocycles. The fourth-order valence-electron chi connectivity index (χ4n) is 6.93. The molecule has 1 aromatic heterocycles. The molecule has 3 aromatic rings. The minimum Gasteiger partial charge on any atom is -0.352 e. The van der Waals surface area contributed by atoms with E-state index in [2.05, 4.69) is 11.6 Å². The molecule has 0 aliphatic carbocycles. The lowest BCUT2D eigenvalue weighted by Gasteiger charge is -2.45. The van der Waals surface area contributed by atoms with Gasteiger partial charge in [0.2, 0.25) is 5.91 Å². The zero-order valence-corrected chi connectivity index (χ0v) is 25.8. The summed E-state index contributed by atoms with van der Waals surface area (Å²) in [5.41, 5.74) is 1.61. The number of aryl methyl sites for hydroxylation is 1. The average molecular weight is 632 g/mol. The first-order valence-electron chi connectivity index (χ1n) is 14.4. The van der Waals surface area contributed by atoms with Crippen molar-refractivity contribution >= 4 is 46.0 Å². The van der Waals surface area contributed by atoms with Crippen molar-refractivity contribution in [2.75, 3.05) is 43.4 Å². The fourth-order valence-corrected chi connectivity index (χ4v) is 8.47. The topological polar surface area (TPSA) is 61.7 Å². The second-order valence-electron chi connectivity index (χ2n) is 11.8. The molecule has 2 aromatic carbocycles. The van der Waals surface area contributed by atoms with E-state index in [0.717, 1.165) is 17.0 Å². The third-order valence-corrected chi connectivity index (χ3v) is 10.3. The first-order chi connectivity index (χ1) is 20.5. The quantitative estimate of drug-likeness (QED) is 0.270. The number of benzene rings is 2. The molecule has 0 spiro atoms. The Morgan fingerprint density at radius 2 is 1.88 bits per heavy atom. The molecule has 2 saturated heterocycles. The molecule has 1 amide bonds. The van der Waals surface area contributed by atoms with Gasteiger partial charge in [-0.15, -0.1) is 11.8 Å². The number of aromatic nitrogens is 2. The van der Waals surface area contributed by atoms with Gasteiger partial charge in [0.05, 0.1) is 16.6 Å². The SMILES string of the molecule is C=CC(=O)N1[C@H](C)CN(c2nc(=O)n3c4c(c(-c5cc(Cl)c(F)cc5F)c(C)cc24)SC[C@@H]3CN2CC[C@H](F)C2)C[C@@H]1C. The van der Waals surface area contributed by atoms with E-state index in [1.807, 2.05) is 36.6 Å². The van der Waals surface area contributed by atoms with E-state index >= 15 is 4.39 Å². The Kier molecular flexibility index (Phi) is 8.02. The van der Waals surface area contributed by atoms with E-state index in [4.69, 9.17) is 11.6 Å². The Hall–Kier alpha value is -3.02. The summed E-state index contributed by atoms with van der Waals surface area (Å²) >= 11 is 7.62. The number of likely N-dealkylation sites (tertiary alicyclic amines) is 1. The standard InChI is InChI=1S/C31H33ClF3N5O2S/c1-5-26(41)39-17(3)11-38(12-18(39)4)30-22-8-16(2)27(21-9-23(32)25(35)10-24(21)34)29-28(22)40(31(42)36-30)20(15-43-29)14-37-7-6-19(33)13-37/h5,8-10,17-20H,1,6-7,11-15H2,2-4H3/t17-,18+,19-,20-/m0/s1. The van der Waals surface area contributed by atoms with Crippen LogP contribution in [0.1, 0.15) is 31.9 Å². The molecule has 0 N–H and O–H groups in total. The molecule has 0 saturated carbocycles. The van der Waals surface area contributed by atoms with Gasteiger partial charge in [0.15, 0.2) is 0 Å². The van der Waals surface area contributed by atoms with Crippen LogP contribution in [0.2, 0.25) is 5.02 Å². The summed E-state index contributed by atoms with van der Waals surface area (Å²) in [6.07, 6.45) is 0.879. The number of rotatable bonds is 5. The van der Waals surface area contributed by atoms with Gasteiger partial charge in [0.25, 0.3) is 0 Å². The van der Waals surface area contributed by atoms with Gasteiger partial charge in [0, 0.05) is 78.0 Å². The highest BCUT2D eigenvalue weighted by Crippen LogP contribution is 2.47. The first-order valence-corrected chi connectivity index (χ1v) is 15.8. The molecule has 228 valence electrons. The highest BCUT2D eigenvalue weighted by molar-refractivity contribution is 7.99. The number of piperazine rings is 1. The summed E-state index contributed by atoms with van der Waals surface area (Å²) in [5.74, 6) is -0.745. The van der Waals surface area contributed by atoms with Crippen LogP contribution >= 0.6 is 23.4 Å². The van der Waals surface area contributed by atoms with Crippen LogP contribution in [0, 0.1) is 18.6 Å². The summed E-state index contributed by atoms with van der Waals surface area (Å²) < 4.78 is 45.2. The number of hydrogen-bond acceptors (Lipinski definition) is 6. The van der Waals surface area contributed by atoms with E-state index < -0.39 is 23.5 Å². The molecule has 4 atom stereocenters. The van der Waals surface area contributed by atoms with Gasteiger partial charge in [-0.1, -0.05) is 18.2 Å². The normalized spacial score (nSPS) is 24.2. The lowest BCUT2D eigenvalue weighted by molar-refractivity contribution is -0.130. The highest BCUT2D eigenvalue weighted by Gasteiger charge is 2.36. The fraction of sp³-hybridized carbons (Fsp3) is 0.452. The van der Waals surface area contributed by atoms with Crippen LogP contribution in [-0.4, -0.2) is 82.0 Å². The third-order valence-electron chi connectivity index (χ3n) is 8.74. The van der Waals surface area contributed by atoms with Gasteiger partial charge in [-0.05, 0) is 51.0 Å². The van der Waals surface area contributed by atoms with Crippen LogP contribution in [0.3, 0.4) is 0 Å². The molecule has 0 bridgehead atoms. The van der Waals surface area contributed by atoms with Gasteiger partial charge in [-0.3, -0.25) is 14.3 Å². The van der Waals surface area contributed by atoms with Crippen molar-refractivity contribution in [3.63, 3.8) is 0 Å². The van der Waals surface area contributed by atoms with E-state index in [-0.39, 0.29) is 34.6 Å². The number of carbonyl (C=O) groups is 1. The third kappa shape index (κ3) is 5.23. The smallest absolute Gasteiger partial charge is 0.350 e. The summed E-state index contributed by atoms with van der Waals surface area (Å²) in [6, 6.07) is 3.36. The first kappa shape index (κ1) is 30.0. The number of carbonyl (C=O) groups excluding carboxylic acids is 1. The van der Waals surface area contributed by atoms with E-state index in [1.165, 1.54) is 23.9 Å². The number of anilines is 1. The summed E-state index contributed by atoms with van der Waals surface area (Å²) in [5, 5.41) is 0.536. The molecule has 0 radical (unpaired) electrons. The van der Waals surface area contributed by atoms with Gasteiger partial charge >= 0.3 is 5.69 Å². The average Bonchev–Trinajstić information content (AvgIpc) is 3.37. The molecule has 0 unspecified atom stereocenters. The van der Waals surface area contributed by atoms with E-state index in [0.29, 0.717) is 66.7 Å². The van der Waals surface area contributed by atoms with Crippen LogP contribution in [0.5, 0.6) is 0 Å². The van der Waals surface area contributed by atoms with Crippen molar-refractivity contribution in [3.8, 4) is 11.1 Å². The van der Waals surface area contributed by atoms with Gasteiger partial charge in [0.1, 0.15) is 23.6 Å². The number of thioether (sulfide) groups is 1. The number of nitrogens with zero attached hydrogens (tertiary/aromatic N) is 5. The number of hydrogen-bond donors (Lipinski definition) is 0. The molecule has 4 heterocycles. The summed E-state index contributed by atoms with van der Waals surface area (Å²) in [6.45, 7) is 11.7. The molecule has 3 aliphatic rings. The Bertz CT molecular complexity index is 1690. The van der Waals surface area contributed by atoms with Gasteiger partial charge < -0.3 is 9.80 Å². The molecule has 43 heavy (non-hydrogen) atoms. The highest BCUT2D eigenvalue weighted by atomic mass is 35.5. The monoisotopic (exact) mass is 631 g/mol. The maximum Gasteiger partial charge on any atom is 0.350 e. The Morgan fingerprint density at radius 1 is 1.16 bits per heavy atom. The summed E-state index contributed by atoms with van der Waals surface area (Å²) in [7, 11) is 0. The lowest BCUT2D eigenvalue weighted by atomic mass is 9.96. The molecule has 2 fully saturated rings. The zero-order chi connectivity index (χ0) is 30.7. The lowest BCUT2D eigenvalue weighted by Crippen LogP contribution is -2.58. The van der Waals surface area contributed by atoms with Crippen LogP contribution in [0.4, 0.5) is 19.0 Å². The van der Waals surface area contributed by atoms with Crippen LogP contribution in [0.25, 0.3) is 22.0 Å². The van der Waals surface area contributed by atoms with E-state index in [9.17, 15) is 18.4 Å². The molecule has 12 heteroatoms. The van der Waals surface area contributed by atoms with Crippen LogP contribution in [-0.2, 0) is 4.79 Å². The molecular formula is C31H33ClF3N5O2S. The Labute approximate surface area is 257 Å². The zero-order valence-electron chi connectivity index (χ0n) is 24.2. The van der Waals surface area contributed by atoms with Crippen molar-refractivity contribution in [2.45, 2.75) is 56.4 Å². The molecule has 7 nitrogen and oxygen atoms in total. The van der Waals surface area contributed by atoms with Crippen molar-refractivity contribution in [1.29, 1.82) is 0 Å². The minimum atomic E-state index is -0.892. The van der Waals surface area contributed by atoms with Crippen molar-refractivity contribution in [1.82, 2.24) is 19.4 Å². The molecular weight excluding hydrogens is 599 g/mol. The number of alkyl halides is 1. The predicted octanol–water partition coefficient (Wildman–Crippen LogP) is 5.61. The second kappa shape index (κ2) is 11.5. The second-order valence-corrected chi connectivity index (χ2v) is 13.2. The Balaban J connectivity index is 1.55. The van der Waals surface area contributed by atoms with Gasteiger partial charge in [-0.2, -0.15) is 4.98 Å². The van der Waals surface area contributed by atoms with Crippen molar-refractivity contribution < 1.29 is 18.0 Å². The van der Waals surface area contributed by atoms with Crippen molar-refractivity contribution in [2.24, 2.45) is 0 Å². The maximum atomic E-state index is 15.3. The predicted molar refractivity (Wildman–Crippen MR) is 165 cm³/mol. The number of halogens is 4. The minimum absolute atomic E-state index is 0.151. The summed E-state index contributed by atoms with van der Waals surface area (Å²) in [4.78, 5) is 37.6. The van der Waals surface area contributed by atoms with Crippen LogP contribution < -0.4 is 10.6 Å². The largest absolute Gasteiger partial charge is 0.352 e. The van der Waals surface area contributed by atoms with Gasteiger partial charge in [-0.25, -0.2) is 18.0 Å². The van der Waals surface area contributed by atoms with Crippen molar-refractivity contribution in [3.05, 3.63) is 63.6 Å².